The van der Waals surface area contributed by atoms with Crippen molar-refractivity contribution in [2.24, 2.45) is 0 Å². The van der Waals surface area contributed by atoms with E-state index in [9.17, 15) is 0 Å². The van der Waals surface area contributed by atoms with Crippen LogP contribution in [0.1, 0.15) is 59.3 Å². The molecule has 1 aliphatic rings. The van der Waals surface area contributed by atoms with Crippen molar-refractivity contribution in [3.05, 3.63) is 0 Å². The Balaban J connectivity index is 2.70. The molecule has 0 bridgehead atoms. The van der Waals surface area contributed by atoms with Crippen LogP contribution >= 0.6 is 9.47 Å². The molecule has 0 saturated carbocycles. The first-order valence-electron chi connectivity index (χ1n) is 9.65. The van der Waals surface area contributed by atoms with E-state index in [-0.39, 0.29) is 6.61 Å². The second kappa shape index (κ2) is 14.2. The molecule has 6 atom stereocenters. The van der Waals surface area contributed by atoms with E-state index in [0.717, 1.165) is 38.5 Å². The van der Waals surface area contributed by atoms with Crippen molar-refractivity contribution in [2.75, 3.05) is 26.4 Å². The molecular formula is C18H36FO5P. The molecule has 5 nitrogen and oxygen atoms in total. The highest BCUT2D eigenvalue weighted by molar-refractivity contribution is 7.09. The van der Waals surface area contributed by atoms with Gasteiger partial charge in [0.15, 0.2) is 12.5 Å². The molecule has 1 rings (SSSR count). The molecule has 0 amide bonds. The lowest BCUT2D eigenvalue weighted by Crippen LogP contribution is -2.59. The number of hydrogen-bond acceptors (Lipinski definition) is 5. The van der Waals surface area contributed by atoms with Crippen molar-refractivity contribution in [2.45, 2.75) is 90.1 Å². The van der Waals surface area contributed by atoms with E-state index in [0.29, 0.717) is 19.8 Å². The predicted octanol–water partition coefficient (Wildman–Crippen LogP) is 4.04. The Bertz CT molecular complexity index is 324. The summed E-state index contributed by atoms with van der Waals surface area (Å²) in [5.41, 5.74) is 0. The maximum atomic E-state index is 15.0. The van der Waals surface area contributed by atoms with Crippen LogP contribution in [0, 0.1) is 0 Å². The molecule has 0 aliphatic carbocycles. The zero-order chi connectivity index (χ0) is 18.5. The minimum absolute atomic E-state index is 0.195. The van der Waals surface area contributed by atoms with Crippen LogP contribution in [-0.4, -0.2) is 57.2 Å². The van der Waals surface area contributed by atoms with Gasteiger partial charge < -0.3 is 23.5 Å². The highest BCUT2D eigenvalue weighted by atomic mass is 31.0. The first-order valence-corrected chi connectivity index (χ1v) is 10.1. The summed E-state index contributed by atoms with van der Waals surface area (Å²) in [7, 11) is 2.19. The van der Waals surface area contributed by atoms with Gasteiger partial charge in [-0.15, -0.1) is 0 Å². The van der Waals surface area contributed by atoms with Gasteiger partial charge in [-0.2, -0.15) is 0 Å². The Labute approximate surface area is 154 Å². The Kier molecular flexibility index (Phi) is 13.2. The summed E-state index contributed by atoms with van der Waals surface area (Å²) < 4.78 is 43.4. The van der Waals surface area contributed by atoms with Gasteiger partial charge in [-0.05, 0) is 19.3 Å². The molecule has 0 spiro atoms. The topological polar surface area (TPSA) is 46.2 Å². The van der Waals surface area contributed by atoms with E-state index in [4.69, 9.17) is 23.5 Å². The number of halogens is 1. The van der Waals surface area contributed by atoms with Crippen LogP contribution in [0.4, 0.5) is 4.39 Å². The van der Waals surface area contributed by atoms with Crippen molar-refractivity contribution >= 4 is 9.47 Å². The van der Waals surface area contributed by atoms with Crippen LogP contribution < -0.4 is 0 Å². The molecule has 3 unspecified atom stereocenters. The van der Waals surface area contributed by atoms with E-state index in [1.54, 1.807) is 0 Å². The lowest BCUT2D eigenvalue weighted by molar-refractivity contribution is -0.283. The van der Waals surface area contributed by atoms with Gasteiger partial charge in [-0.1, -0.05) is 40.0 Å². The highest BCUT2D eigenvalue weighted by Gasteiger charge is 2.48. The van der Waals surface area contributed by atoms with Crippen LogP contribution in [0.5, 0.6) is 0 Å². The van der Waals surface area contributed by atoms with Crippen molar-refractivity contribution in [1.29, 1.82) is 0 Å². The van der Waals surface area contributed by atoms with Crippen molar-refractivity contribution < 1.29 is 27.9 Å². The highest BCUT2D eigenvalue weighted by Crippen LogP contribution is 2.30. The maximum absolute atomic E-state index is 15.0. The number of hydrogen-bond donors (Lipinski definition) is 0. The standard InChI is InChI=1S/C18H36FO5P/c1-4-7-10-20-13-14-15(19)16(21-11-8-5-2)17(18(23-14)24-25)22-12-9-6-3/h14-18H,4-13,25H2,1-3H3/t14?,15-,16?,17+,18+/m1/s1. The molecule has 1 fully saturated rings. The summed E-state index contributed by atoms with van der Waals surface area (Å²) >= 11 is 0. The average Bonchev–Trinajstić information content (AvgIpc) is 2.62. The first-order chi connectivity index (χ1) is 12.2. The van der Waals surface area contributed by atoms with E-state index in [2.05, 4.69) is 30.2 Å². The molecule has 25 heavy (non-hydrogen) atoms. The fourth-order valence-corrected chi connectivity index (χ4v) is 2.87. The van der Waals surface area contributed by atoms with Crippen LogP contribution in [0.25, 0.3) is 0 Å². The third-order valence-electron chi connectivity index (χ3n) is 4.24. The Hall–Kier alpha value is 0.160. The zero-order valence-electron chi connectivity index (χ0n) is 16.0. The maximum Gasteiger partial charge on any atom is 0.189 e. The molecule has 0 aromatic carbocycles. The third-order valence-corrected chi connectivity index (χ3v) is 4.51. The number of unbranched alkanes of at least 4 members (excludes halogenated alkanes) is 3. The van der Waals surface area contributed by atoms with Gasteiger partial charge in [0.1, 0.15) is 18.3 Å². The fourth-order valence-electron chi connectivity index (χ4n) is 2.65. The van der Waals surface area contributed by atoms with Gasteiger partial charge in [-0.25, -0.2) is 4.39 Å². The first kappa shape index (κ1) is 23.2. The molecule has 0 aromatic rings. The molecule has 1 aliphatic heterocycles. The summed E-state index contributed by atoms with van der Waals surface area (Å²) in [5, 5.41) is 0. The Morgan fingerprint density at radius 1 is 0.880 bits per heavy atom. The summed E-state index contributed by atoms with van der Waals surface area (Å²) in [5.74, 6) is 0. The van der Waals surface area contributed by atoms with Crippen LogP contribution in [0.3, 0.4) is 0 Å². The van der Waals surface area contributed by atoms with Crippen LogP contribution in [-0.2, 0) is 23.5 Å². The molecule has 0 N–H and O–H groups in total. The summed E-state index contributed by atoms with van der Waals surface area (Å²) in [4.78, 5) is 0. The molecular weight excluding hydrogens is 346 g/mol. The largest absolute Gasteiger partial charge is 0.379 e. The third kappa shape index (κ3) is 8.15. The predicted molar refractivity (Wildman–Crippen MR) is 99.4 cm³/mol. The van der Waals surface area contributed by atoms with E-state index in [1.165, 1.54) is 0 Å². The van der Waals surface area contributed by atoms with Gasteiger partial charge in [0.05, 0.1) is 6.61 Å². The molecule has 0 radical (unpaired) electrons. The normalized spacial score (nSPS) is 29.9. The van der Waals surface area contributed by atoms with E-state index in [1.807, 2.05) is 0 Å². The molecule has 150 valence electrons. The lowest BCUT2D eigenvalue weighted by Gasteiger charge is -2.42. The SMILES string of the molecule is CCCCOCC1O[C@@H](OP)[C@@H](OCCCC)C(OCCCC)[C@@H]1F. The molecule has 0 aromatic heterocycles. The van der Waals surface area contributed by atoms with E-state index >= 15 is 4.39 Å². The minimum Gasteiger partial charge on any atom is -0.379 e. The van der Waals surface area contributed by atoms with Gasteiger partial charge in [0.2, 0.25) is 0 Å². The number of rotatable bonds is 14. The monoisotopic (exact) mass is 382 g/mol. The summed E-state index contributed by atoms with van der Waals surface area (Å²) in [6.45, 7) is 8.09. The quantitative estimate of drug-likeness (QED) is 0.335. The van der Waals surface area contributed by atoms with Crippen molar-refractivity contribution in [3.8, 4) is 0 Å². The Morgan fingerprint density at radius 2 is 1.44 bits per heavy atom. The van der Waals surface area contributed by atoms with Gasteiger partial charge in [0, 0.05) is 29.3 Å². The molecule has 1 heterocycles. The fraction of sp³-hybridized carbons (Fsp3) is 1.00. The molecule has 1 saturated heterocycles. The number of ether oxygens (including phenoxy) is 4. The second-order valence-electron chi connectivity index (χ2n) is 6.43. The summed E-state index contributed by atoms with van der Waals surface area (Å²) in [6, 6.07) is 0. The van der Waals surface area contributed by atoms with Crippen LogP contribution in [0.2, 0.25) is 0 Å². The van der Waals surface area contributed by atoms with Crippen molar-refractivity contribution in [1.82, 2.24) is 0 Å². The molecule has 7 heteroatoms. The van der Waals surface area contributed by atoms with Gasteiger partial charge in [-0.3, -0.25) is 0 Å². The lowest BCUT2D eigenvalue weighted by atomic mass is 10.00. The number of alkyl halides is 1. The average molecular weight is 382 g/mol. The van der Waals surface area contributed by atoms with Gasteiger partial charge >= 0.3 is 0 Å². The Morgan fingerprint density at radius 3 is 2.00 bits per heavy atom. The van der Waals surface area contributed by atoms with Crippen molar-refractivity contribution in [3.63, 3.8) is 0 Å². The van der Waals surface area contributed by atoms with E-state index < -0.39 is 30.8 Å². The smallest absolute Gasteiger partial charge is 0.189 e. The summed E-state index contributed by atoms with van der Waals surface area (Å²) in [6.07, 6.45) is 1.80. The van der Waals surface area contributed by atoms with Gasteiger partial charge in [0.25, 0.3) is 0 Å². The zero-order valence-corrected chi connectivity index (χ0v) is 17.1. The minimum atomic E-state index is -1.30. The van der Waals surface area contributed by atoms with Crippen LogP contribution in [0.15, 0.2) is 0 Å². The second-order valence-corrected chi connectivity index (χ2v) is 6.70.